The van der Waals surface area contributed by atoms with Gasteiger partial charge in [0, 0.05) is 13.0 Å². The predicted molar refractivity (Wildman–Crippen MR) is 69.9 cm³/mol. The number of rotatable bonds is 2. The van der Waals surface area contributed by atoms with Crippen LogP contribution >= 0.6 is 0 Å². The molecule has 5 heteroatoms. The van der Waals surface area contributed by atoms with Gasteiger partial charge in [-0.3, -0.25) is 4.90 Å². The molecule has 1 fully saturated rings. The second-order valence-electron chi connectivity index (χ2n) is 4.68. The molecule has 0 aliphatic carbocycles. The number of carboxylic acid groups (broad SMARTS) is 2. The highest BCUT2D eigenvalue weighted by Crippen LogP contribution is 2.25. The third kappa shape index (κ3) is 2.93. The maximum atomic E-state index is 11.0. The van der Waals surface area contributed by atoms with Crippen LogP contribution in [0.2, 0.25) is 0 Å². The van der Waals surface area contributed by atoms with E-state index in [2.05, 4.69) is 0 Å². The van der Waals surface area contributed by atoms with Crippen molar-refractivity contribution >= 4 is 18.1 Å². The molecule has 1 heterocycles. The van der Waals surface area contributed by atoms with Crippen molar-refractivity contribution in [2.75, 3.05) is 6.54 Å². The quantitative estimate of drug-likeness (QED) is 0.855. The van der Waals surface area contributed by atoms with Crippen molar-refractivity contribution in [1.82, 2.24) is 4.90 Å². The van der Waals surface area contributed by atoms with Crippen LogP contribution < -0.4 is 0 Å². The predicted octanol–water partition coefficient (Wildman–Crippen LogP) is 2.22. The van der Waals surface area contributed by atoms with Crippen molar-refractivity contribution in [3.05, 3.63) is 41.0 Å². The minimum Gasteiger partial charge on any atom is -0.480 e. The van der Waals surface area contributed by atoms with Gasteiger partial charge >= 0.3 is 12.1 Å². The van der Waals surface area contributed by atoms with Gasteiger partial charge in [0.25, 0.3) is 0 Å². The molecule has 1 aromatic carbocycles. The number of benzene rings is 1. The van der Waals surface area contributed by atoms with Crippen LogP contribution in [0, 0.1) is 6.92 Å². The molecule has 0 spiro atoms. The zero-order chi connectivity index (χ0) is 14.0. The molecule has 1 saturated heterocycles. The first kappa shape index (κ1) is 13.1. The molecule has 1 aliphatic heterocycles. The number of carbonyl (C=O) groups is 2. The topological polar surface area (TPSA) is 77.8 Å². The molecule has 0 unspecified atom stereocenters. The number of nitrogens with zero attached hydrogens (tertiary/aromatic N) is 1. The number of likely N-dealkylation sites (tertiary alicyclic amines) is 1. The van der Waals surface area contributed by atoms with Crippen molar-refractivity contribution < 1.29 is 19.8 Å². The van der Waals surface area contributed by atoms with Crippen molar-refractivity contribution in [1.29, 1.82) is 0 Å². The largest absolute Gasteiger partial charge is 0.480 e. The van der Waals surface area contributed by atoms with Crippen LogP contribution in [-0.4, -0.2) is 39.8 Å². The molecule has 0 aromatic heterocycles. The zero-order valence-corrected chi connectivity index (χ0v) is 10.5. The second-order valence-corrected chi connectivity index (χ2v) is 4.68. The molecule has 5 nitrogen and oxygen atoms in total. The van der Waals surface area contributed by atoms with Gasteiger partial charge in [-0.25, -0.2) is 9.59 Å². The summed E-state index contributed by atoms with van der Waals surface area (Å²) in [5, 5.41) is 18.0. The van der Waals surface area contributed by atoms with Gasteiger partial charge in [-0.15, -0.1) is 0 Å². The summed E-state index contributed by atoms with van der Waals surface area (Å²) in [4.78, 5) is 23.0. The summed E-state index contributed by atoms with van der Waals surface area (Å²) in [7, 11) is 0. The third-order valence-corrected chi connectivity index (χ3v) is 3.18. The number of hydrogen-bond acceptors (Lipinski definition) is 2. The minimum absolute atomic E-state index is 0.153. The second kappa shape index (κ2) is 5.14. The first-order valence-corrected chi connectivity index (χ1v) is 5.96. The van der Waals surface area contributed by atoms with E-state index in [4.69, 9.17) is 10.2 Å². The summed E-state index contributed by atoms with van der Waals surface area (Å²) in [6, 6.07) is 6.81. The van der Waals surface area contributed by atoms with E-state index in [9.17, 15) is 9.59 Å². The summed E-state index contributed by atoms with van der Waals surface area (Å²) >= 11 is 0. The van der Waals surface area contributed by atoms with E-state index in [-0.39, 0.29) is 13.0 Å². The van der Waals surface area contributed by atoms with Gasteiger partial charge in [-0.1, -0.05) is 35.9 Å². The van der Waals surface area contributed by atoms with Gasteiger partial charge in [0.15, 0.2) is 0 Å². The maximum absolute atomic E-state index is 11.0. The molecule has 100 valence electrons. The fourth-order valence-electron chi connectivity index (χ4n) is 2.18. The number of amides is 1. The Morgan fingerprint density at radius 2 is 1.89 bits per heavy atom. The lowest BCUT2D eigenvalue weighted by molar-refractivity contribution is -0.141. The standard InChI is InChI=1S/C14H15NO4/c1-9-2-4-10(5-3-9)6-11-7-12(13(16)17)15(8-11)14(18)19/h2-6,12H,7-8H2,1H3,(H,16,17)(H,18,19)/t12-/m0/s1. The fraction of sp³-hybridized carbons (Fsp3) is 0.286. The van der Waals surface area contributed by atoms with E-state index in [1.54, 1.807) is 0 Å². The Hall–Kier alpha value is -2.30. The number of aliphatic carboxylic acids is 1. The molecule has 0 saturated carbocycles. The number of carboxylic acids is 1. The Labute approximate surface area is 110 Å². The molecule has 1 amide bonds. The smallest absolute Gasteiger partial charge is 0.408 e. The molecule has 1 aliphatic rings. The lowest BCUT2D eigenvalue weighted by Gasteiger charge is -2.16. The highest BCUT2D eigenvalue weighted by Gasteiger charge is 2.36. The first-order chi connectivity index (χ1) is 8.97. The summed E-state index contributed by atoms with van der Waals surface area (Å²) in [5.74, 6) is -1.10. The molecular weight excluding hydrogens is 246 g/mol. The van der Waals surface area contributed by atoms with Crippen LogP contribution in [0.15, 0.2) is 29.8 Å². The van der Waals surface area contributed by atoms with E-state index >= 15 is 0 Å². The molecule has 1 atom stereocenters. The van der Waals surface area contributed by atoms with E-state index < -0.39 is 18.1 Å². The van der Waals surface area contributed by atoms with Crippen molar-refractivity contribution in [3.8, 4) is 0 Å². The first-order valence-electron chi connectivity index (χ1n) is 5.96. The van der Waals surface area contributed by atoms with Crippen LogP contribution in [0.4, 0.5) is 4.79 Å². The average molecular weight is 261 g/mol. The van der Waals surface area contributed by atoms with E-state index in [1.165, 1.54) is 0 Å². The van der Waals surface area contributed by atoms with Crippen LogP contribution in [0.25, 0.3) is 6.08 Å². The van der Waals surface area contributed by atoms with Gasteiger partial charge in [-0.05, 0) is 18.1 Å². The van der Waals surface area contributed by atoms with Gasteiger partial charge in [0.1, 0.15) is 6.04 Å². The van der Waals surface area contributed by atoms with Crippen LogP contribution in [-0.2, 0) is 4.79 Å². The lowest BCUT2D eigenvalue weighted by atomic mass is 10.1. The summed E-state index contributed by atoms with van der Waals surface area (Å²) in [6.07, 6.45) is 0.910. The fourth-order valence-corrected chi connectivity index (χ4v) is 2.18. The number of hydrogen-bond donors (Lipinski definition) is 2. The Morgan fingerprint density at radius 1 is 1.26 bits per heavy atom. The van der Waals surface area contributed by atoms with Crippen LogP contribution in [0.1, 0.15) is 17.5 Å². The molecule has 2 rings (SSSR count). The zero-order valence-electron chi connectivity index (χ0n) is 10.5. The van der Waals surface area contributed by atoms with Crippen LogP contribution in [0.5, 0.6) is 0 Å². The molecular formula is C14H15NO4. The molecule has 19 heavy (non-hydrogen) atoms. The Kier molecular flexibility index (Phi) is 3.55. The van der Waals surface area contributed by atoms with Gasteiger partial charge < -0.3 is 10.2 Å². The van der Waals surface area contributed by atoms with Crippen molar-refractivity contribution in [3.63, 3.8) is 0 Å². The minimum atomic E-state index is -1.19. The number of aryl methyl sites for hydroxylation is 1. The van der Waals surface area contributed by atoms with Crippen molar-refractivity contribution in [2.24, 2.45) is 0 Å². The lowest BCUT2D eigenvalue weighted by Crippen LogP contribution is -2.39. The van der Waals surface area contributed by atoms with Gasteiger partial charge in [0.2, 0.25) is 0 Å². The Balaban J connectivity index is 2.21. The summed E-state index contributed by atoms with van der Waals surface area (Å²) < 4.78 is 0. The van der Waals surface area contributed by atoms with E-state index in [1.807, 2.05) is 37.3 Å². The Bertz CT molecular complexity index is 509. The molecule has 1 aromatic rings. The molecule has 0 bridgehead atoms. The maximum Gasteiger partial charge on any atom is 0.408 e. The van der Waals surface area contributed by atoms with Crippen molar-refractivity contribution in [2.45, 2.75) is 19.4 Å². The SMILES string of the molecule is Cc1ccc(C=C2C[C@@H](C(=O)O)N(C(=O)O)C2)cc1. The summed E-state index contributed by atoms with van der Waals surface area (Å²) in [5.41, 5.74) is 2.92. The summed E-state index contributed by atoms with van der Waals surface area (Å²) in [6.45, 7) is 2.14. The van der Waals surface area contributed by atoms with E-state index in [0.717, 1.165) is 21.6 Å². The van der Waals surface area contributed by atoms with Gasteiger partial charge in [-0.2, -0.15) is 0 Å². The average Bonchev–Trinajstić information content (AvgIpc) is 2.76. The Morgan fingerprint density at radius 3 is 2.37 bits per heavy atom. The normalized spacial score (nSPS) is 20.8. The monoisotopic (exact) mass is 261 g/mol. The highest BCUT2D eigenvalue weighted by molar-refractivity contribution is 5.81. The highest BCUT2D eigenvalue weighted by atomic mass is 16.4. The molecule has 0 radical (unpaired) electrons. The molecule has 2 N–H and O–H groups in total. The van der Waals surface area contributed by atoms with Gasteiger partial charge in [0.05, 0.1) is 0 Å². The van der Waals surface area contributed by atoms with Crippen LogP contribution in [0.3, 0.4) is 0 Å². The third-order valence-electron chi connectivity index (χ3n) is 3.18. The van der Waals surface area contributed by atoms with E-state index in [0.29, 0.717) is 0 Å².